The molecule has 0 heterocycles. The van der Waals surface area contributed by atoms with E-state index in [9.17, 15) is 4.79 Å². The lowest BCUT2D eigenvalue weighted by atomic mass is 10.1. The number of carbonyl (C=O) groups is 1. The Morgan fingerprint density at radius 1 is 1.67 bits per heavy atom. The first-order valence-corrected chi connectivity index (χ1v) is 5.45. The number of hydrogen-bond acceptors (Lipinski definition) is 3. The van der Waals surface area contributed by atoms with Gasteiger partial charge in [0, 0.05) is 19.0 Å². The minimum Gasteiger partial charge on any atom is -0.502 e. The van der Waals surface area contributed by atoms with E-state index in [1.807, 2.05) is 0 Å². The molecule has 0 radical (unpaired) electrons. The van der Waals surface area contributed by atoms with Gasteiger partial charge < -0.3 is 15.8 Å². The van der Waals surface area contributed by atoms with E-state index in [-0.39, 0.29) is 11.9 Å². The highest BCUT2D eigenvalue weighted by molar-refractivity contribution is 5.76. The summed E-state index contributed by atoms with van der Waals surface area (Å²) in [5, 5.41) is 2.80. The van der Waals surface area contributed by atoms with Crippen molar-refractivity contribution in [2.75, 3.05) is 13.2 Å². The van der Waals surface area contributed by atoms with Crippen LogP contribution in [-0.2, 0) is 9.53 Å². The summed E-state index contributed by atoms with van der Waals surface area (Å²) in [5.41, 5.74) is 5.74. The first kappa shape index (κ1) is 14.0. The maximum Gasteiger partial charge on any atom is 0.221 e. The molecule has 1 unspecified atom stereocenters. The molecule has 1 amide bonds. The van der Waals surface area contributed by atoms with Crippen LogP contribution in [0.3, 0.4) is 0 Å². The van der Waals surface area contributed by atoms with Gasteiger partial charge in [-0.1, -0.05) is 19.9 Å². The summed E-state index contributed by atoms with van der Waals surface area (Å²) in [5.74, 6) is 0.0227. The molecule has 0 aromatic carbocycles. The molecule has 88 valence electrons. The molecule has 0 aliphatic heterocycles. The smallest absolute Gasteiger partial charge is 0.221 e. The molecule has 0 aliphatic carbocycles. The zero-order valence-corrected chi connectivity index (χ0v) is 9.50. The third-order valence-electron chi connectivity index (χ3n) is 1.99. The van der Waals surface area contributed by atoms with Gasteiger partial charge in [0.2, 0.25) is 5.91 Å². The first-order valence-electron chi connectivity index (χ1n) is 5.45. The van der Waals surface area contributed by atoms with Crippen LogP contribution in [0.15, 0.2) is 12.8 Å². The molecule has 0 spiro atoms. The minimum atomic E-state index is -0.0144. The molecule has 1 atom stereocenters. The van der Waals surface area contributed by atoms with E-state index in [0.717, 1.165) is 19.3 Å². The SMILES string of the molecule is C=COCCCNC(=O)CC(N)CCC. The van der Waals surface area contributed by atoms with Crippen LogP contribution < -0.4 is 11.1 Å². The van der Waals surface area contributed by atoms with Crippen LogP contribution in [0.1, 0.15) is 32.6 Å². The molecule has 4 nitrogen and oxygen atoms in total. The largest absolute Gasteiger partial charge is 0.502 e. The summed E-state index contributed by atoms with van der Waals surface area (Å²) in [7, 11) is 0. The van der Waals surface area contributed by atoms with Crippen molar-refractivity contribution in [2.24, 2.45) is 5.73 Å². The number of nitrogens with two attached hydrogens (primary N) is 1. The number of rotatable bonds is 9. The summed E-state index contributed by atoms with van der Waals surface area (Å²) in [4.78, 5) is 11.3. The second-order valence-electron chi connectivity index (χ2n) is 3.49. The Bertz CT molecular complexity index is 183. The summed E-state index contributed by atoms with van der Waals surface area (Å²) in [6.07, 6.45) is 4.52. The van der Waals surface area contributed by atoms with E-state index in [1.165, 1.54) is 6.26 Å². The van der Waals surface area contributed by atoms with Crippen LogP contribution >= 0.6 is 0 Å². The van der Waals surface area contributed by atoms with Gasteiger partial charge in [-0.15, -0.1) is 0 Å². The molecule has 0 saturated heterocycles. The zero-order chi connectivity index (χ0) is 11.5. The first-order chi connectivity index (χ1) is 7.20. The molecule has 4 heteroatoms. The van der Waals surface area contributed by atoms with Crippen molar-refractivity contribution < 1.29 is 9.53 Å². The summed E-state index contributed by atoms with van der Waals surface area (Å²) < 4.78 is 4.92. The number of ether oxygens (including phenoxy) is 1. The molecule has 0 rings (SSSR count). The molecule has 0 aromatic rings. The number of amides is 1. The maximum atomic E-state index is 11.3. The number of nitrogens with one attached hydrogen (secondary N) is 1. The number of hydrogen-bond donors (Lipinski definition) is 2. The molecule has 15 heavy (non-hydrogen) atoms. The predicted octanol–water partition coefficient (Wildman–Crippen LogP) is 1.17. The van der Waals surface area contributed by atoms with Gasteiger partial charge in [0.25, 0.3) is 0 Å². The van der Waals surface area contributed by atoms with Crippen molar-refractivity contribution in [3.63, 3.8) is 0 Å². The second kappa shape index (κ2) is 9.52. The Labute approximate surface area is 91.9 Å². The van der Waals surface area contributed by atoms with E-state index in [1.54, 1.807) is 0 Å². The molecule has 0 aromatic heterocycles. The third kappa shape index (κ3) is 9.28. The third-order valence-corrected chi connectivity index (χ3v) is 1.99. The van der Waals surface area contributed by atoms with Gasteiger partial charge >= 0.3 is 0 Å². The van der Waals surface area contributed by atoms with Gasteiger partial charge in [0.05, 0.1) is 12.9 Å². The normalized spacial score (nSPS) is 11.9. The minimum absolute atomic E-state index is 0.0144. The van der Waals surface area contributed by atoms with Crippen LogP contribution in [0.5, 0.6) is 0 Å². The Morgan fingerprint density at radius 2 is 2.40 bits per heavy atom. The van der Waals surface area contributed by atoms with Crippen molar-refractivity contribution in [2.45, 2.75) is 38.6 Å². The van der Waals surface area contributed by atoms with E-state index in [4.69, 9.17) is 10.5 Å². The number of carbonyl (C=O) groups excluding carboxylic acids is 1. The van der Waals surface area contributed by atoms with Crippen molar-refractivity contribution in [3.05, 3.63) is 12.8 Å². The Hall–Kier alpha value is -1.03. The highest BCUT2D eigenvalue weighted by atomic mass is 16.5. The van der Waals surface area contributed by atoms with Gasteiger partial charge in [0.1, 0.15) is 0 Å². The molecule has 3 N–H and O–H groups in total. The van der Waals surface area contributed by atoms with Crippen molar-refractivity contribution in [3.8, 4) is 0 Å². The highest BCUT2D eigenvalue weighted by Gasteiger charge is 2.07. The van der Waals surface area contributed by atoms with Gasteiger partial charge in [0.15, 0.2) is 0 Å². The molecule has 0 fully saturated rings. The lowest BCUT2D eigenvalue weighted by Crippen LogP contribution is -2.32. The topological polar surface area (TPSA) is 64.3 Å². The van der Waals surface area contributed by atoms with Gasteiger partial charge in [-0.3, -0.25) is 4.79 Å². The van der Waals surface area contributed by atoms with E-state index in [0.29, 0.717) is 19.6 Å². The molecule has 0 saturated carbocycles. The van der Waals surface area contributed by atoms with Crippen LogP contribution in [0, 0.1) is 0 Å². The lowest BCUT2D eigenvalue weighted by molar-refractivity contribution is -0.121. The molecular formula is C11H22N2O2. The van der Waals surface area contributed by atoms with Gasteiger partial charge in [-0.2, -0.15) is 0 Å². The van der Waals surface area contributed by atoms with E-state index < -0.39 is 0 Å². The Balaban J connectivity index is 3.36. The van der Waals surface area contributed by atoms with E-state index in [2.05, 4.69) is 18.8 Å². The fraction of sp³-hybridized carbons (Fsp3) is 0.727. The summed E-state index contributed by atoms with van der Waals surface area (Å²) in [6.45, 7) is 6.71. The average molecular weight is 214 g/mol. The molecular weight excluding hydrogens is 192 g/mol. The maximum absolute atomic E-state index is 11.3. The van der Waals surface area contributed by atoms with Crippen LogP contribution in [0.4, 0.5) is 0 Å². The van der Waals surface area contributed by atoms with E-state index >= 15 is 0 Å². The van der Waals surface area contributed by atoms with Crippen molar-refractivity contribution >= 4 is 5.91 Å². The van der Waals surface area contributed by atoms with Gasteiger partial charge in [-0.05, 0) is 12.8 Å². The Morgan fingerprint density at radius 3 is 3.00 bits per heavy atom. The standard InChI is InChI=1S/C11H22N2O2/c1-3-6-10(12)9-11(14)13-7-5-8-15-4-2/h4,10H,2-3,5-9,12H2,1H3,(H,13,14). The lowest BCUT2D eigenvalue weighted by Gasteiger charge is -2.10. The highest BCUT2D eigenvalue weighted by Crippen LogP contribution is 1.97. The predicted molar refractivity (Wildman–Crippen MR) is 61.3 cm³/mol. The zero-order valence-electron chi connectivity index (χ0n) is 9.50. The van der Waals surface area contributed by atoms with Gasteiger partial charge in [-0.25, -0.2) is 0 Å². The second-order valence-corrected chi connectivity index (χ2v) is 3.49. The quantitative estimate of drug-likeness (QED) is 0.447. The summed E-state index contributed by atoms with van der Waals surface area (Å²) >= 11 is 0. The molecule has 0 aliphatic rings. The van der Waals surface area contributed by atoms with Crippen LogP contribution in [0.25, 0.3) is 0 Å². The van der Waals surface area contributed by atoms with Crippen molar-refractivity contribution in [1.29, 1.82) is 0 Å². The van der Waals surface area contributed by atoms with Crippen LogP contribution in [-0.4, -0.2) is 25.1 Å². The van der Waals surface area contributed by atoms with Crippen molar-refractivity contribution in [1.82, 2.24) is 5.32 Å². The Kier molecular flexibility index (Phi) is 8.87. The summed E-state index contributed by atoms with van der Waals surface area (Å²) in [6, 6.07) is -0.0144. The monoisotopic (exact) mass is 214 g/mol. The average Bonchev–Trinajstić information content (AvgIpc) is 2.17. The fourth-order valence-corrected chi connectivity index (χ4v) is 1.25. The van der Waals surface area contributed by atoms with Crippen LogP contribution in [0.2, 0.25) is 0 Å². The fourth-order valence-electron chi connectivity index (χ4n) is 1.25. The molecule has 0 bridgehead atoms.